The van der Waals surface area contributed by atoms with E-state index in [9.17, 15) is 18.3 Å². The van der Waals surface area contributed by atoms with Gasteiger partial charge in [-0.25, -0.2) is 8.42 Å². The van der Waals surface area contributed by atoms with Crippen LogP contribution in [0.25, 0.3) is 0 Å². The second-order valence-corrected chi connectivity index (χ2v) is 7.63. The van der Waals surface area contributed by atoms with Crippen molar-refractivity contribution in [2.75, 3.05) is 16.6 Å². The second-order valence-electron chi connectivity index (χ2n) is 5.73. The number of hydrogen-bond acceptors (Lipinski definition) is 4. The SMILES string of the molecule is CC(C)(C)CS(=O)(=O)N(CC(=O)O)c1ccc(O)cc1. The normalized spacial score (nSPS) is 12.2. The predicted molar refractivity (Wildman–Crippen MR) is 76.3 cm³/mol. The zero-order valence-corrected chi connectivity index (χ0v) is 12.5. The van der Waals surface area contributed by atoms with E-state index in [0.717, 1.165) is 4.31 Å². The van der Waals surface area contributed by atoms with Gasteiger partial charge in [-0.1, -0.05) is 20.8 Å². The van der Waals surface area contributed by atoms with Gasteiger partial charge in [-0.15, -0.1) is 0 Å². The maximum atomic E-state index is 12.4. The number of phenols is 1. The molecule has 7 heteroatoms. The van der Waals surface area contributed by atoms with Crippen LogP contribution in [0.5, 0.6) is 5.75 Å². The molecule has 2 N–H and O–H groups in total. The molecule has 0 bridgehead atoms. The van der Waals surface area contributed by atoms with Gasteiger partial charge in [0.2, 0.25) is 10.0 Å². The van der Waals surface area contributed by atoms with Crippen molar-refractivity contribution in [3.8, 4) is 5.75 Å². The number of hydrogen-bond donors (Lipinski definition) is 2. The maximum absolute atomic E-state index is 12.4. The number of carboxylic acids is 1. The molecule has 0 unspecified atom stereocenters. The third-order valence-corrected chi connectivity index (χ3v) is 4.61. The third-order valence-electron chi connectivity index (χ3n) is 2.37. The molecular formula is C13H19NO5S. The summed E-state index contributed by atoms with van der Waals surface area (Å²) >= 11 is 0. The summed E-state index contributed by atoms with van der Waals surface area (Å²) in [5.74, 6) is -1.43. The number of carbonyl (C=O) groups is 1. The average molecular weight is 301 g/mol. The fourth-order valence-electron chi connectivity index (χ4n) is 1.72. The van der Waals surface area contributed by atoms with Crippen LogP contribution in [-0.2, 0) is 14.8 Å². The molecule has 6 nitrogen and oxygen atoms in total. The molecule has 1 rings (SSSR count). The summed E-state index contributed by atoms with van der Waals surface area (Å²) in [5.41, 5.74) is -0.276. The monoisotopic (exact) mass is 301 g/mol. The van der Waals surface area contributed by atoms with Crippen molar-refractivity contribution in [1.82, 2.24) is 0 Å². The van der Waals surface area contributed by atoms with Crippen molar-refractivity contribution >= 4 is 21.7 Å². The third kappa shape index (κ3) is 4.73. The Balaban J connectivity index is 3.19. The summed E-state index contributed by atoms with van der Waals surface area (Å²) in [5, 5.41) is 18.1. The Morgan fingerprint density at radius 3 is 2.10 bits per heavy atom. The Labute approximate surface area is 118 Å². The first-order valence-electron chi connectivity index (χ1n) is 6.02. The number of phenolic OH excluding ortho intramolecular Hbond substituents is 1. The van der Waals surface area contributed by atoms with Gasteiger partial charge in [-0.2, -0.15) is 0 Å². The summed E-state index contributed by atoms with van der Waals surface area (Å²) in [7, 11) is -3.77. The molecule has 0 amide bonds. The number of aromatic hydroxyl groups is 1. The molecule has 0 aliphatic rings. The molecule has 0 spiro atoms. The van der Waals surface area contributed by atoms with Gasteiger partial charge in [-0.05, 0) is 29.7 Å². The van der Waals surface area contributed by atoms with Gasteiger partial charge in [-0.3, -0.25) is 9.10 Å². The maximum Gasteiger partial charge on any atom is 0.324 e. The lowest BCUT2D eigenvalue weighted by atomic mass is 10.0. The van der Waals surface area contributed by atoms with E-state index in [1.807, 2.05) is 0 Å². The quantitative estimate of drug-likeness (QED) is 0.862. The highest BCUT2D eigenvalue weighted by molar-refractivity contribution is 7.92. The van der Waals surface area contributed by atoms with Gasteiger partial charge < -0.3 is 10.2 Å². The Hall–Kier alpha value is -1.76. The zero-order chi connectivity index (χ0) is 15.6. The minimum absolute atomic E-state index is 0.0164. The number of sulfonamides is 1. The second kappa shape index (κ2) is 5.70. The van der Waals surface area contributed by atoms with Crippen molar-refractivity contribution in [3.05, 3.63) is 24.3 Å². The Morgan fingerprint density at radius 1 is 1.20 bits per heavy atom. The number of rotatable bonds is 5. The largest absolute Gasteiger partial charge is 0.508 e. The fourth-order valence-corrected chi connectivity index (χ4v) is 3.72. The molecule has 0 saturated carbocycles. The first-order chi connectivity index (χ1) is 9.01. The van der Waals surface area contributed by atoms with E-state index in [1.54, 1.807) is 20.8 Å². The van der Waals surface area contributed by atoms with E-state index in [-0.39, 0.29) is 17.2 Å². The molecule has 0 fully saturated rings. The Kier molecular flexibility index (Phi) is 4.65. The van der Waals surface area contributed by atoms with Crippen LogP contribution in [0.15, 0.2) is 24.3 Å². The topological polar surface area (TPSA) is 94.9 Å². The first kappa shape index (κ1) is 16.3. The summed E-state index contributed by atoms with van der Waals surface area (Å²) in [6.45, 7) is 4.64. The summed E-state index contributed by atoms with van der Waals surface area (Å²) in [6.07, 6.45) is 0. The van der Waals surface area contributed by atoms with Crippen LogP contribution in [0.1, 0.15) is 20.8 Å². The smallest absolute Gasteiger partial charge is 0.324 e. The van der Waals surface area contributed by atoms with Crippen LogP contribution < -0.4 is 4.31 Å². The van der Waals surface area contributed by atoms with Gasteiger partial charge >= 0.3 is 5.97 Å². The minimum Gasteiger partial charge on any atom is -0.508 e. The fraction of sp³-hybridized carbons (Fsp3) is 0.462. The average Bonchev–Trinajstić information content (AvgIpc) is 2.23. The standard InChI is InChI=1S/C13H19NO5S/c1-13(2,3)9-20(18,19)14(8-12(16)17)10-4-6-11(15)7-5-10/h4-7,15H,8-9H2,1-3H3,(H,16,17). The molecule has 0 atom stereocenters. The molecule has 1 aromatic rings. The first-order valence-corrected chi connectivity index (χ1v) is 7.63. The summed E-state index contributed by atoms with van der Waals surface area (Å²) < 4.78 is 25.6. The van der Waals surface area contributed by atoms with Gasteiger partial charge in [0.05, 0.1) is 11.4 Å². The lowest BCUT2D eigenvalue weighted by Gasteiger charge is -2.27. The zero-order valence-electron chi connectivity index (χ0n) is 11.7. The summed E-state index contributed by atoms with van der Waals surface area (Å²) in [4.78, 5) is 10.9. The molecule has 0 heterocycles. The van der Waals surface area contributed by atoms with Crippen molar-refractivity contribution < 1.29 is 23.4 Å². The van der Waals surface area contributed by atoms with E-state index in [2.05, 4.69) is 0 Å². The van der Waals surface area contributed by atoms with Crippen LogP contribution in [0.2, 0.25) is 0 Å². The van der Waals surface area contributed by atoms with Gasteiger partial charge in [0.25, 0.3) is 0 Å². The highest BCUT2D eigenvalue weighted by Crippen LogP contribution is 2.25. The van der Waals surface area contributed by atoms with E-state index < -0.39 is 28.0 Å². The highest BCUT2D eigenvalue weighted by atomic mass is 32.2. The number of anilines is 1. The molecule has 112 valence electrons. The number of benzene rings is 1. The molecule has 0 aromatic heterocycles. The van der Waals surface area contributed by atoms with Crippen LogP contribution in [0, 0.1) is 5.41 Å². The molecule has 0 saturated heterocycles. The molecule has 1 aromatic carbocycles. The molecular weight excluding hydrogens is 282 g/mol. The molecule has 0 aliphatic carbocycles. The number of nitrogens with zero attached hydrogens (tertiary/aromatic N) is 1. The van der Waals surface area contributed by atoms with Crippen LogP contribution in [0.4, 0.5) is 5.69 Å². The van der Waals surface area contributed by atoms with E-state index in [1.165, 1.54) is 24.3 Å². The highest BCUT2D eigenvalue weighted by Gasteiger charge is 2.29. The molecule has 0 aliphatic heterocycles. The van der Waals surface area contributed by atoms with E-state index in [4.69, 9.17) is 5.11 Å². The van der Waals surface area contributed by atoms with Crippen molar-refractivity contribution in [3.63, 3.8) is 0 Å². The van der Waals surface area contributed by atoms with Crippen LogP contribution in [-0.4, -0.2) is 36.9 Å². The van der Waals surface area contributed by atoms with Gasteiger partial charge in [0, 0.05) is 0 Å². The Morgan fingerprint density at radius 2 is 1.70 bits per heavy atom. The van der Waals surface area contributed by atoms with Gasteiger partial charge in [0.15, 0.2) is 0 Å². The van der Waals surface area contributed by atoms with Crippen LogP contribution in [0.3, 0.4) is 0 Å². The van der Waals surface area contributed by atoms with Crippen LogP contribution >= 0.6 is 0 Å². The predicted octanol–water partition coefficient (Wildman–Crippen LogP) is 1.66. The van der Waals surface area contributed by atoms with Crippen molar-refractivity contribution in [2.45, 2.75) is 20.8 Å². The van der Waals surface area contributed by atoms with Crippen molar-refractivity contribution in [1.29, 1.82) is 0 Å². The van der Waals surface area contributed by atoms with Gasteiger partial charge in [0.1, 0.15) is 12.3 Å². The lowest BCUT2D eigenvalue weighted by Crippen LogP contribution is -2.40. The lowest BCUT2D eigenvalue weighted by molar-refractivity contribution is -0.135. The molecule has 20 heavy (non-hydrogen) atoms. The number of aliphatic carboxylic acids is 1. The minimum atomic E-state index is -3.77. The summed E-state index contributed by atoms with van der Waals surface area (Å²) in [6, 6.07) is 5.38. The molecule has 0 radical (unpaired) electrons. The Bertz CT molecular complexity index is 572. The number of carboxylic acid groups (broad SMARTS) is 1. The van der Waals surface area contributed by atoms with Crippen molar-refractivity contribution in [2.24, 2.45) is 5.41 Å². The van der Waals surface area contributed by atoms with E-state index >= 15 is 0 Å². The van der Waals surface area contributed by atoms with E-state index in [0.29, 0.717) is 0 Å².